The van der Waals surface area contributed by atoms with E-state index in [0.29, 0.717) is 5.01 Å². The molecule has 0 radical (unpaired) electrons. The summed E-state index contributed by atoms with van der Waals surface area (Å²) in [6, 6.07) is 4.92. The number of aliphatic hydroxyl groups excluding tert-OH is 1. The van der Waals surface area contributed by atoms with Crippen LogP contribution in [0.1, 0.15) is 50.9 Å². The molecule has 8 nitrogen and oxygen atoms in total. The molecule has 1 amide bonds. The number of aromatic nitrogens is 2. The number of carboxylic acids is 1. The first-order chi connectivity index (χ1) is 15.8. The fraction of sp³-hybridized carbons (Fsp3) is 0.480. The van der Waals surface area contributed by atoms with E-state index in [2.05, 4.69) is 21.4 Å². The molecule has 0 saturated carbocycles. The second-order valence-electron chi connectivity index (χ2n) is 10.4. The van der Waals surface area contributed by atoms with Gasteiger partial charge in [0, 0.05) is 40.6 Å². The Hall–Kier alpha value is -2.91. The second kappa shape index (κ2) is 9.76. The highest BCUT2D eigenvalue weighted by molar-refractivity contribution is 7.10. The van der Waals surface area contributed by atoms with Gasteiger partial charge in [0.15, 0.2) is 0 Å². The highest BCUT2D eigenvalue weighted by atomic mass is 32.1. The van der Waals surface area contributed by atoms with Crippen molar-refractivity contribution in [3.63, 3.8) is 0 Å². The Kier molecular flexibility index (Phi) is 7.38. The van der Waals surface area contributed by atoms with Crippen LogP contribution in [0, 0.1) is 12.3 Å². The van der Waals surface area contributed by atoms with E-state index in [9.17, 15) is 19.8 Å². The average Bonchev–Trinajstić information content (AvgIpc) is 3.30. The molecule has 0 aliphatic rings. The number of aliphatic hydroxyl groups is 1. The maximum absolute atomic E-state index is 12.0. The van der Waals surface area contributed by atoms with Crippen LogP contribution in [0.4, 0.5) is 4.79 Å². The minimum Gasteiger partial charge on any atom is -0.480 e. The molecule has 1 aromatic carbocycles. The zero-order valence-electron chi connectivity index (χ0n) is 20.5. The summed E-state index contributed by atoms with van der Waals surface area (Å²) in [5.74, 6) is -1.15. The number of hydrogen-bond donors (Lipinski definition) is 4. The molecule has 0 aliphatic heterocycles. The number of rotatable bonds is 8. The molecule has 3 aromatic rings. The highest BCUT2D eigenvalue weighted by Gasteiger charge is 2.26. The lowest BCUT2D eigenvalue weighted by atomic mass is 9.85. The predicted molar refractivity (Wildman–Crippen MR) is 133 cm³/mol. The molecule has 2 heterocycles. The van der Waals surface area contributed by atoms with Crippen molar-refractivity contribution in [2.75, 3.05) is 6.61 Å². The number of hydrogen-bond acceptors (Lipinski definition) is 6. The largest absolute Gasteiger partial charge is 0.480 e. The number of carbonyl (C=O) groups is 2. The van der Waals surface area contributed by atoms with Crippen molar-refractivity contribution < 1.29 is 24.5 Å². The van der Waals surface area contributed by atoms with E-state index in [0.717, 1.165) is 34.3 Å². The lowest BCUT2D eigenvalue weighted by molar-refractivity contribution is -0.139. The number of carbonyl (C=O) groups excluding carboxylic acids is 1. The van der Waals surface area contributed by atoms with Crippen LogP contribution >= 0.6 is 11.3 Å². The van der Waals surface area contributed by atoms with Crippen LogP contribution in [-0.2, 0) is 22.4 Å². The number of alkyl carbamates (subject to hydrolysis) is 1. The van der Waals surface area contributed by atoms with Gasteiger partial charge >= 0.3 is 12.1 Å². The van der Waals surface area contributed by atoms with Crippen molar-refractivity contribution in [1.29, 1.82) is 0 Å². The topological polar surface area (TPSA) is 125 Å². The number of thiazole rings is 1. The van der Waals surface area contributed by atoms with E-state index in [1.54, 1.807) is 20.8 Å². The van der Waals surface area contributed by atoms with Gasteiger partial charge in [0.25, 0.3) is 0 Å². The number of H-pyrrole nitrogens is 1. The molecule has 1 unspecified atom stereocenters. The molecule has 0 spiro atoms. The minimum absolute atomic E-state index is 0.0562. The molecule has 9 heteroatoms. The quantitative estimate of drug-likeness (QED) is 0.366. The van der Waals surface area contributed by atoms with Crippen LogP contribution in [-0.4, -0.2) is 50.5 Å². The van der Waals surface area contributed by atoms with E-state index >= 15 is 0 Å². The van der Waals surface area contributed by atoms with Gasteiger partial charge in [0.1, 0.15) is 11.6 Å². The molecule has 0 saturated heterocycles. The summed E-state index contributed by atoms with van der Waals surface area (Å²) < 4.78 is 5.18. The monoisotopic (exact) mass is 487 g/mol. The smallest absolute Gasteiger partial charge is 0.408 e. The summed E-state index contributed by atoms with van der Waals surface area (Å²) >= 11 is 1.35. The summed E-state index contributed by atoms with van der Waals surface area (Å²) in [5.41, 5.74) is 3.97. The number of aromatic amines is 1. The molecule has 2 aromatic heterocycles. The normalized spacial score (nSPS) is 13.1. The van der Waals surface area contributed by atoms with Crippen LogP contribution in [0.2, 0.25) is 0 Å². The molecular formula is C25H33N3O5S. The van der Waals surface area contributed by atoms with E-state index in [1.165, 1.54) is 16.9 Å². The molecule has 0 bridgehead atoms. The van der Waals surface area contributed by atoms with Crippen molar-refractivity contribution in [2.45, 2.75) is 66.0 Å². The van der Waals surface area contributed by atoms with E-state index in [1.807, 2.05) is 38.3 Å². The standard InChI is InChI=1S/C25H33N3O5S/c1-14-17(11-25(5,6)13-29)16-9-15(7-8-18(16)26-14)20-12-34-21(27-20)10-19(22(30)31)28-23(32)33-24(2,3)4/h7-9,12,19,26,29H,10-11,13H2,1-6H3,(H,28,32)(H,30,31). The van der Waals surface area contributed by atoms with Crippen LogP contribution in [0.3, 0.4) is 0 Å². The lowest BCUT2D eigenvalue weighted by Gasteiger charge is -2.21. The number of aliphatic carboxylic acids is 1. The SMILES string of the molecule is Cc1[nH]c2ccc(-c3csc(CC(NC(=O)OC(C)(C)C)C(=O)O)n3)cc2c1CC(C)(C)CO. The molecule has 3 rings (SSSR count). The Morgan fingerprint density at radius 2 is 1.94 bits per heavy atom. The molecular weight excluding hydrogens is 454 g/mol. The number of nitrogens with one attached hydrogen (secondary N) is 2. The van der Waals surface area contributed by atoms with E-state index in [-0.39, 0.29) is 18.4 Å². The number of benzene rings is 1. The maximum atomic E-state index is 12.0. The van der Waals surface area contributed by atoms with Crippen LogP contribution in [0.5, 0.6) is 0 Å². The van der Waals surface area contributed by atoms with Gasteiger partial charge in [0.2, 0.25) is 0 Å². The number of ether oxygens (including phenoxy) is 1. The molecule has 0 aliphatic carbocycles. The summed E-state index contributed by atoms with van der Waals surface area (Å²) in [6.45, 7) is 11.3. The summed E-state index contributed by atoms with van der Waals surface area (Å²) in [6.07, 6.45) is 0.0154. The Morgan fingerprint density at radius 3 is 2.56 bits per heavy atom. The summed E-state index contributed by atoms with van der Waals surface area (Å²) in [7, 11) is 0. The van der Waals surface area contributed by atoms with Crippen LogP contribution < -0.4 is 5.32 Å². The number of amides is 1. The maximum Gasteiger partial charge on any atom is 0.408 e. The van der Waals surface area contributed by atoms with Crippen LogP contribution in [0.25, 0.3) is 22.2 Å². The van der Waals surface area contributed by atoms with Crippen molar-refractivity contribution in [2.24, 2.45) is 5.41 Å². The van der Waals surface area contributed by atoms with Crippen LogP contribution in [0.15, 0.2) is 23.6 Å². The number of nitrogens with zero attached hydrogens (tertiary/aromatic N) is 1. The second-order valence-corrected chi connectivity index (χ2v) is 11.3. The minimum atomic E-state index is -1.15. The van der Waals surface area contributed by atoms with Crippen molar-refractivity contribution in [3.8, 4) is 11.3 Å². The Bertz CT molecular complexity index is 1190. The van der Waals surface area contributed by atoms with Crippen molar-refractivity contribution in [3.05, 3.63) is 39.8 Å². The van der Waals surface area contributed by atoms with Gasteiger partial charge in [-0.2, -0.15) is 0 Å². The first kappa shape index (κ1) is 25.7. The zero-order valence-corrected chi connectivity index (χ0v) is 21.3. The molecule has 0 fully saturated rings. The molecule has 34 heavy (non-hydrogen) atoms. The van der Waals surface area contributed by atoms with Gasteiger partial charge in [-0.25, -0.2) is 14.6 Å². The number of carboxylic acid groups (broad SMARTS) is 1. The van der Waals surface area contributed by atoms with Gasteiger partial charge < -0.3 is 25.3 Å². The Labute approximate surface area is 203 Å². The third-order valence-corrected chi connectivity index (χ3v) is 6.29. The predicted octanol–water partition coefficient (Wildman–Crippen LogP) is 4.68. The Balaban J connectivity index is 1.82. The summed E-state index contributed by atoms with van der Waals surface area (Å²) in [4.78, 5) is 31.8. The van der Waals surface area contributed by atoms with E-state index in [4.69, 9.17) is 4.74 Å². The fourth-order valence-electron chi connectivity index (χ4n) is 3.67. The number of aryl methyl sites for hydroxylation is 1. The van der Waals surface area contributed by atoms with Crippen molar-refractivity contribution >= 4 is 34.3 Å². The van der Waals surface area contributed by atoms with Gasteiger partial charge in [-0.1, -0.05) is 19.9 Å². The third-order valence-electron chi connectivity index (χ3n) is 5.42. The first-order valence-corrected chi connectivity index (χ1v) is 12.0. The molecule has 184 valence electrons. The van der Waals surface area contributed by atoms with Gasteiger partial charge in [0.05, 0.1) is 10.7 Å². The summed E-state index contributed by atoms with van der Waals surface area (Å²) in [5, 5.41) is 25.3. The van der Waals surface area contributed by atoms with Gasteiger partial charge in [-0.05, 0) is 57.2 Å². The highest BCUT2D eigenvalue weighted by Crippen LogP contribution is 2.33. The lowest BCUT2D eigenvalue weighted by Crippen LogP contribution is -2.44. The average molecular weight is 488 g/mol. The third kappa shape index (κ3) is 6.36. The van der Waals surface area contributed by atoms with Crippen molar-refractivity contribution in [1.82, 2.24) is 15.3 Å². The fourth-order valence-corrected chi connectivity index (χ4v) is 4.52. The van der Waals surface area contributed by atoms with Gasteiger partial charge in [-0.3, -0.25) is 0 Å². The number of fused-ring (bicyclic) bond motifs is 1. The first-order valence-electron chi connectivity index (χ1n) is 11.2. The zero-order chi connectivity index (χ0) is 25.3. The van der Waals surface area contributed by atoms with E-state index < -0.39 is 23.7 Å². The Morgan fingerprint density at radius 1 is 1.24 bits per heavy atom. The molecule has 4 N–H and O–H groups in total. The van der Waals surface area contributed by atoms with Gasteiger partial charge in [-0.15, -0.1) is 11.3 Å². The molecule has 1 atom stereocenters.